The molecule has 2 heterocycles. The Balaban J connectivity index is 1.76. The van der Waals surface area contributed by atoms with Crippen molar-refractivity contribution in [3.05, 3.63) is 81.7 Å². The minimum Gasteiger partial charge on any atom is -0.504 e. The number of allylic oxidation sites excluding steroid dienone is 1. The van der Waals surface area contributed by atoms with Gasteiger partial charge in [-0.25, -0.2) is 15.4 Å². The Morgan fingerprint density at radius 3 is 2.59 bits per heavy atom. The van der Waals surface area contributed by atoms with Gasteiger partial charge in [0.15, 0.2) is 17.2 Å². The van der Waals surface area contributed by atoms with Crippen molar-refractivity contribution in [3.8, 4) is 17.2 Å². The molecular formula is C35H41ClF3N9O6. The van der Waals surface area contributed by atoms with Gasteiger partial charge in [0.2, 0.25) is 12.3 Å². The van der Waals surface area contributed by atoms with E-state index in [1.165, 1.54) is 6.33 Å². The maximum Gasteiger partial charge on any atom is 0.416 e. The van der Waals surface area contributed by atoms with Gasteiger partial charge in [0, 0.05) is 44.4 Å². The molecule has 54 heavy (non-hydrogen) atoms. The summed E-state index contributed by atoms with van der Waals surface area (Å²) in [5, 5.41) is 19.4. The van der Waals surface area contributed by atoms with E-state index in [2.05, 4.69) is 43.1 Å². The van der Waals surface area contributed by atoms with E-state index in [4.69, 9.17) is 21.1 Å². The number of carbonyl (C=O) groups excluding carboxylic acids is 3. The number of nitrogens with one attached hydrogen (secondary N) is 4. The molecule has 0 fully saturated rings. The quantitative estimate of drug-likeness (QED) is 0.0418. The third-order valence-corrected chi connectivity index (χ3v) is 8.55. The topological polar surface area (TPSA) is 183 Å². The van der Waals surface area contributed by atoms with Crippen molar-refractivity contribution in [1.82, 2.24) is 35.9 Å². The van der Waals surface area contributed by atoms with Crippen molar-refractivity contribution in [2.24, 2.45) is 4.99 Å². The SMILES string of the molecule is C=NC(NN(CC(=O)Nc1ccc(C(F)(F)F)cc1Cl)C(=O)/C(=C(/CC)NC)N(CCNC=O)CCc1ncnc(C)c1O)c1cccc2c1OCCO2. The van der Waals surface area contributed by atoms with Crippen LogP contribution in [0.5, 0.6) is 17.2 Å². The highest BCUT2D eigenvalue weighted by molar-refractivity contribution is 6.33. The number of carbonyl (C=O) groups is 3. The molecule has 1 aromatic heterocycles. The zero-order valence-electron chi connectivity index (χ0n) is 29.8. The van der Waals surface area contributed by atoms with Gasteiger partial charge in [0.1, 0.15) is 37.9 Å². The van der Waals surface area contributed by atoms with E-state index in [9.17, 15) is 32.7 Å². The van der Waals surface area contributed by atoms with Crippen molar-refractivity contribution in [2.45, 2.75) is 39.0 Å². The average molecular weight is 776 g/mol. The number of rotatable bonds is 18. The molecule has 0 bridgehead atoms. The first kappa shape index (κ1) is 41.1. The number of hydrogen-bond donors (Lipinski definition) is 5. The maximum atomic E-state index is 14.9. The second kappa shape index (κ2) is 18.9. The number of aromatic nitrogens is 2. The van der Waals surface area contributed by atoms with Gasteiger partial charge in [0.25, 0.3) is 5.91 Å². The standard InChI is InChI=1S/C35H41ClF3N9O6/c1-5-25(40-3)30(47(14-12-42-20-49)13-11-27-31(51)21(2)43-19-44-27)34(52)48(18-29(50)45-26-10-9-22(17-24(26)36)35(37,38)39)46-33(41-4)23-7-6-8-28-32(23)54-16-15-53-28/h6-10,17,19-20,33,40,46,51H,4-5,11-16,18H2,1-3H3,(H,42,49)(H,45,50)/b30-25+. The Labute approximate surface area is 314 Å². The van der Waals surface area contributed by atoms with E-state index in [1.807, 2.05) is 0 Å². The van der Waals surface area contributed by atoms with Crippen LogP contribution in [-0.4, -0.2) is 96.4 Å². The first-order valence-electron chi connectivity index (χ1n) is 16.7. The van der Waals surface area contributed by atoms with Gasteiger partial charge >= 0.3 is 6.18 Å². The number of hydrazine groups is 1. The number of aliphatic imine (C=N–C) groups is 1. The second-order valence-corrected chi connectivity index (χ2v) is 12.1. The zero-order valence-corrected chi connectivity index (χ0v) is 30.6. The van der Waals surface area contributed by atoms with E-state index < -0.39 is 36.3 Å². The Hall–Kier alpha value is -5.62. The van der Waals surface area contributed by atoms with Crippen LogP contribution >= 0.6 is 11.6 Å². The van der Waals surface area contributed by atoms with E-state index in [0.29, 0.717) is 59.7 Å². The molecular weight excluding hydrogens is 735 g/mol. The molecule has 2 aromatic carbocycles. The van der Waals surface area contributed by atoms with Crippen LogP contribution in [0.4, 0.5) is 18.9 Å². The molecule has 15 nitrogen and oxygen atoms in total. The predicted molar refractivity (Wildman–Crippen MR) is 194 cm³/mol. The van der Waals surface area contributed by atoms with E-state index in [1.54, 1.807) is 44.0 Å². The van der Waals surface area contributed by atoms with E-state index in [-0.39, 0.29) is 54.8 Å². The third-order valence-electron chi connectivity index (χ3n) is 8.24. The summed E-state index contributed by atoms with van der Waals surface area (Å²) < 4.78 is 51.5. The number of benzene rings is 2. The van der Waals surface area contributed by atoms with Gasteiger partial charge in [-0.1, -0.05) is 30.7 Å². The average Bonchev–Trinajstić information content (AvgIpc) is 3.15. The fourth-order valence-electron chi connectivity index (χ4n) is 5.55. The Morgan fingerprint density at radius 1 is 1.17 bits per heavy atom. The number of alkyl halides is 3. The zero-order chi connectivity index (χ0) is 39.4. The number of aromatic hydroxyl groups is 1. The molecule has 0 radical (unpaired) electrons. The second-order valence-electron chi connectivity index (χ2n) is 11.7. The van der Waals surface area contributed by atoms with Crippen LogP contribution in [0, 0.1) is 6.92 Å². The van der Waals surface area contributed by atoms with Crippen molar-refractivity contribution in [1.29, 1.82) is 0 Å². The van der Waals surface area contributed by atoms with Crippen LogP contribution in [-0.2, 0) is 27.0 Å². The van der Waals surface area contributed by atoms with Crippen molar-refractivity contribution >= 4 is 42.2 Å². The molecule has 3 aromatic rings. The van der Waals surface area contributed by atoms with Crippen LogP contribution in [0.15, 0.2) is 59.1 Å². The predicted octanol–water partition coefficient (Wildman–Crippen LogP) is 3.74. The molecule has 4 rings (SSSR count). The van der Waals surface area contributed by atoms with Crippen molar-refractivity contribution in [3.63, 3.8) is 0 Å². The molecule has 0 aliphatic carbocycles. The number of ether oxygens (including phenoxy) is 2. The smallest absolute Gasteiger partial charge is 0.416 e. The molecule has 1 aliphatic rings. The van der Waals surface area contributed by atoms with Crippen LogP contribution in [0.2, 0.25) is 5.02 Å². The van der Waals surface area contributed by atoms with Crippen LogP contribution in [0.25, 0.3) is 0 Å². The molecule has 19 heteroatoms. The summed E-state index contributed by atoms with van der Waals surface area (Å²) in [6.45, 7) is 7.30. The van der Waals surface area contributed by atoms with Crippen LogP contribution in [0.1, 0.15) is 42.0 Å². The molecule has 1 aliphatic heterocycles. The molecule has 3 amide bonds. The third kappa shape index (κ3) is 10.3. The lowest BCUT2D eigenvalue weighted by molar-refractivity contribution is -0.137. The fraction of sp³-hybridized carbons (Fsp3) is 0.371. The summed E-state index contributed by atoms with van der Waals surface area (Å²) in [6.07, 6.45) is -3.46. The summed E-state index contributed by atoms with van der Waals surface area (Å²) in [5.74, 6) is -0.887. The minimum absolute atomic E-state index is 0.0864. The monoisotopic (exact) mass is 775 g/mol. The van der Waals surface area contributed by atoms with Gasteiger partial charge in [-0.15, -0.1) is 0 Å². The number of para-hydroxylation sites is 1. The molecule has 0 spiro atoms. The van der Waals surface area contributed by atoms with E-state index >= 15 is 0 Å². The minimum atomic E-state index is -4.66. The largest absolute Gasteiger partial charge is 0.504 e. The number of nitrogens with zero attached hydrogens (tertiary/aromatic N) is 5. The van der Waals surface area contributed by atoms with E-state index in [0.717, 1.165) is 17.1 Å². The first-order valence-corrected chi connectivity index (χ1v) is 17.1. The molecule has 290 valence electrons. The number of fused-ring (bicyclic) bond motifs is 1. The highest BCUT2D eigenvalue weighted by Crippen LogP contribution is 2.38. The fourth-order valence-corrected chi connectivity index (χ4v) is 5.78. The first-order chi connectivity index (χ1) is 25.8. The lowest BCUT2D eigenvalue weighted by Crippen LogP contribution is -2.52. The van der Waals surface area contributed by atoms with Crippen molar-refractivity contribution < 1.29 is 42.1 Å². The Morgan fingerprint density at radius 2 is 1.93 bits per heavy atom. The van der Waals surface area contributed by atoms with Gasteiger partial charge in [0.05, 0.1) is 27.7 Å². The lowest BCUT2D eigenvalue weighted by atomic mass is 10.1. The van der Waals surface area contributed by atoms with Gasteiger partial charge in [-0.2, -0.15) is 13.2 Å². The highest BCUT2D eigenvalue weighted by Gasteiger charge is 2.33. The summed E-state index contributed by atoms with van der Waals surface area (Å²) in [5.41, 5.74) is 3.50. The number of aryl methyl sites for hydroxylation is 1. The molecule has 1 unspecified atom stereocenters. The van der Waals surface area contributed by atoms with Crippen LogP contribution < -0.4 is 30.8 Å². The Bertz CT molecular complexity index is 1860. The normalized spacial score (nSPS) is 13.2. The number of halogens is 4. The number of anilines is 1. The molecule has 0 saturated heterocycles. The Kier molecular flexibility index (Phi) is 14.4. The summed E-state index contributed by atoms with van der Waals surface area (Å²) in [7, 11) is 1.62. The summed E-state index contributed by atoms with van der Waals surface area (Å²) in [4.78, 5) is 53.8. The van der Waals surface area contributed by atoms with Gasteiger partial charge in [-0.3, -0.25) is 24.4 Å². The van der Waals surface area contributed by atoms with Gasteiger partial charge < -0.3 is 35.4 Å². The summed E-state index contributed by atoms with van der Waals surface area (Å²) >= 11 is 6.13. The lowest BCUT2D eigenvalue weighted by Gasteiger charge is -2.34. The summed E-state index contributed by atoms with van der Waals surface area (Å²) in [6, 6.07) is 7.54. The van der Waals surface area contributed by atoms with Crippen molar-refractivity contribution in [2.75, 3.05) is 51.8 Å². The molecule has 1 atom stereocenters. The number of amides is 3. The molecule has 5 N–H and O–H groups in total. The number of hydrogen-bond acceptors (Lipinski definition) is 12. The molecule has 0 saturated carbocycles. The van der Waals surface area contributed by atoms with Crippen LogP contribution in [0.3, 0.4) is 0 Å². The highest BCUT2D eigenvalue weighted by atomic mass is 35.5. The van der Waals surface area contributed by atoms with Gasteiger partial charge in [-0.05, 0) is 44.3 Å². The maximum absolute atomic E-state index is 14.9.